The van der Waals surface area contributed by atoms with Gasteiger partial charge in [0.2, 0.25) is 0 Å². The molecule has 3 unspecified atom stereocenters. The van der Waals surface area contributed by atoms with Crippen LogP contribution in [-0.4, -0.2) is 6.04 Å². The van der Waals surface area contributed by atoms with E-state index in [0.717, 1.165) is 23.9 Å². The number of hydrogen-bond acceptors (Lipinski definition) is 3. The van der Waals surface area contributed by atoms with E-state index in [1.165, 1.54) is 24.1 Å². The van der Waals surface area contributed by atoms with Gasteiger partial charge in [-0.15, -0.1) is 11.3 Å². The number of hydrogen-bond donors (Lipinski definition) is 1. The summed E-state index contributed by atoms with van der Waals surface area (Å²) in [5.74, 6) is 1.71. The molecular formula is C14H20N2S. The molecule has 1 aliphatic rings. The van der Waals surface area contributed by atoms with E-state index in [1.807, 2.05) is 11.4 Å². The standard InChI is InChI=1S/C14H20N2S/c1-10-3-4-13(5-11(10)2)16-8-14-6-12(7-15)9-17-14/h6,9-11,13,16H,3-5,8H2,1-2H3. The Morgan fingerprint density at radius 3 is 2.88 bits per heavy atom. The first-order valence-corrected chi connectivity index (χ1v) is 7.28. The van der Waals surface area contributed by atoms with Crippen LogP contribution in [0.15, 0.2) is 11.4 Å². The molecule has 3 heteroatoms. The average molecular weight is 248 g/mol. The van der Waals surface area contributed by atoms with Gasteiger partial charge in [-0.1, -0.05) is 13.8 Å². The molecule has 1 heterocycles. The Morgan fingerprint density at radius 1 is 1.41 bits per heavy atom. The van der Waals surface area contributed by atoms with Crippen molar-refractivity contribution in [3.63, 3.8) is 0 Å². The Morgan fingerprint density at radius 2 is 2.24 bits per heavy atom. The fourth-order valence-electron chi connectivity index (χ4n) is 2.51. The van der Waals surface area contributed by atoms with Gasteiger partial charge < -0.3 is 5.32 Å². The summed E-state index contributed by atoms with van der Waals surface area (Å²) in [6.45, 7) is 5.63. The van der Waals surface area contributed by atoms with Crippen molar-refractivity contribution < 1.29 is 0 Å². The van der Waals surface area contributed by atoms with Crippen LogP contribution in [0.1, 0.15) is 43.6 Å². The molecule has 1 fully saturated rings. The second-order valence-corrected chi connectivity index (χ2v) is 6.25. The fourth-order valence-corrected chi connectivity index (χ4v) is 3.27. The zero-order valence-electron chi connectivity index (χ0n) is 10.6. The number of nitrogens with one attached hydrogen (secondary N) is 1. The van der Waals surface area contributed by atoms with Gasteiger partial charge >= 0.3 is 0 Å². The van der Waals surface area contributed by atoms with Gasteiger partial charge in [0.25, 0.3) is 0 Å². The van der Waals surface area contributed by atoms with Gasteiger partial charge in [-0.3, -0.25) is 0 Å². The van der Waals surface area contributed by atoms with E-state index in [-0.39, 0.29) is 0 Å². The van der Waals surface area contributed by atoms with Crippen LogP contribution in [0, 0.1) is 23.2 Å². The highest BCUT2D eigenvalue weighted by molar-refractivity contribution is 7.10. The third kappa shape index (κ3) is 3.31. The maximum absolute atomic E-state index is 8.77. The highest BCUT2D eigenvalue weighted by atomic mass is 32.1. The molecular weight excluding hydrogens is 228 g/mol. The predicted molar refractivity (Wildman–Crippen MR) is 71.8 cm³/mol. The largest absolute Gasteiger partial charge is 0.309 e. The lowest BCUT2D eigenvalue weighted by Crippen LogP contribution is -2.35. The molecule has 92 valence electrons. The molecule has 0 amide bonds. The molecule has 0 aromatic carbocycles. The Labute approximate surface area is 108 Å². The quantitative estimate of drug-likeness (QED) is 0.888. The zero-order chi connectivity index (χ0) is 12.3. The average Bonchev–Trinajstić information content (AvgIpc) is 2.79. The highest BCUT2D eigenvalue weighted by Crippen LogP contribution is 2.29. The minimum atomic E-state index is 0.661. The molecule has 0 saturated heterocycles. The van der Waals surface area contributed by atoms with Crippen LogP contribution in [0.5, 0.6) is 0 Å². The van der Waals surface area contributed by atoms with Gasteiger partial charge in [-0.2, -0.15) is 5.26 Å². The summed E-state index contributed by atoms with van der Waals surface area (Å²) in [6, 6.07) is 4.83. The summed E-state index contributed by atoms with van der Waals surface area (Å²) >= 11 is 1.68. The normalized spacial score (nSPS) is 28.9. The van der Waals surface area contributed by atoms with Gasteiger partial charge in [0.1, 0.15) is 6.07 Å². The zero-order valence-corrected chi connectivity index (χ0v) is 11.4. The van der Waals surface area contributed by atoms with Gasteiger partial charge in [-0.25, -0.2) is 0 Å². The van der Waals surface area contributed by atoms with Crippen molar-refractivity contribution in [2.75, 3.05) is 0 Å². The van der Waals surface area contributed by atoms with Gasteiger partial charge in [0.15, 0.2) is 0 Å². The van der Waals surface area contributed by atoms with Crippen LogP contribution >= 0.6 is 11.3 Å². The molecule has 17 heavy (non-hydrogen) atoms. The predicted octanol–water partition coefficient (Wildman–Crippen LogP) is 3.53. The van der Waals surface area contributed by atoms with Gasteiger partial charge in [0, 0.05) is 22.8 Å². The van der Waals surface area contributed by atoms with E-state index in [4.69, 9.17) is 5.26 Å². The van der Waals surface area contributed by atoms with Crippen LogP contribution in [0.4, 0.5) is 0 Å². The lowest BCUT2D eigenvalue weighted by molar-refractivity contribution is 0.226. The van der Waals surface area contributed by atoms with Gasteiger partial charge in [0.05, 0.1) is 5.56 Å². The Hall–Kier alpha value is -0.850. The van der Waals surface area contributed by atoms with Crippen molar-refractivity contribution in [2.45, 2.75) is 45.7 Å². The second kappa shape index (κ2) is 5.66. The third-order valence-corrected chi connectivity index (χ3v) is 4.88. The maximum atomic E-state index is 8.77. The summed E-state index contributed by atoms with van der Waals surface area (Å²) in [6.07, 6.45) is 3.92. The molecule has 0 bridgehead atoms. The van der Waals surface area contributed by atoms with Crippen LogP contribution in [0.2, 0.25) is 0 Å². The van der Waals surface area contributed by atoms with Crippen molar-refractivity contribution in [1.29, 1.82) is 5.26 Å². The molecule has 0 radical (unpaired) electrons. The monoisotopic (exact) mass is 248 g/mol. The van der Waals surface area contributed by atoms with E-state index in [1.54, 1.807) is 11.3 Å². The van der Waals surface area contributed by atoms with Gasteiger partial charge in [-0.05, 0) is 37.2 Å². The molecule has 2 nitrogen and oxygen atoms in total. The summed E-state index contributed by atoms with van der Waals surface area (Å²) in [5.41, 5.74) is 0.789. The molecule has 1 aromatic heterocycles. The summed E-state index contributed by atoms with van der Waals surface area (Å²) in [7, 11) is 0. The smallest absolute Gasteiger partial charge is 0.100 e. The number of rotatable bonds is 3. The molecule has 1 saturated carbocycles. The Kier molecular flexibility index (Phi) is 4.20. The number of thiophene rings is 1. The molecule has 1 aliphatic carbocycles. The van der Waals surface area contributed by atoms with Crippen molar-refractivity contribution in [3.8, 4) is 6.07 Å². The SMILES string of the molecule is CC1CCC(NCc2cc(C#N)cs2)CC1C. The summed E-state index contributed by atoms with van der Waals surface area (Å²) in [4.78, 5) is 1.27. The van der Waals surface area contributed by atoms with E-state index in [2.05, 4.69) is 25.2 Å². The number of nitrogens with zero attached hydrogens (tertiary/aromatic N) is 1. The van der Waals surface area contributed by atoms with E-state index in [9.17, 15) is 0 Å². The maximum Gasteiger partial charge on any atom is 0.100 e. The third-order valence-electron chi connectivity index (χ3n) is 3.95. The minimum absolute atomic E-state index is 0.661. The molecule has 1 aromatic rings. The Balaban J connectivity index is 1.81. The first-order chi connectivity index (χ1) is 8.19. The van der Waals surface area contributed by atoms with E-state index < -0.39 is 0 Å². The van der Waals surface area contributed by atoms with Crippen molar-refractivity contribution in [3.05, 3.63) is 21.9 Å². The van der Waals surface area contributed by atoms with Crippen LogP contribution < -0.4 is 5.32 Å². The molecule has 3 atom stereocenters. The second-order valence-electron chi connectivity index (χ2n) is 5.26. The van der Waals surface area contributed by atoms with E-state index in [0.29, 0.717) is 6.04 Å². The molecule has 1 N–H and O–H groups in total. The molecule has 2 rings (SSSR count). The molecule has 0 aliphatic heterocycles. The van der Waals surface area contributed by atoms with Crippen molar-refractivity contribution >= 4 is 11.3 Å². The molecule has 0 spiro atoms. The van der Waals surface area contributed by atoms with Crippen molar-refractivity contribution in [2.24, 2.45) is 11.8 Å². The lowest BCUT2D eigenvalue weighted by atomic mass is 9.79. The highest BCUT2D eigenvalue weighted by Gasteiger charge is 2.23. The van der Waals surface area contributed by atoms with Crippen LogP contribution in [-0.2, 0) is 6.54 Å². The first kappa shape index (κ1) is 12.6. The van der Waals surface area contributed by atoms with Crippen LogP contribution in [0.25, 0.3) is 0 Å². The van der Waals surface area contributed by atoms with Crippen molar-refractivity contribution in [1.82, 2.24) is 5.32 Å². The first-order valence-electron chi connectivity index (χ1n) is 6.40. The topological polar surface area (TPSA) is 35.8 Å². The Bertz CT molecular complexity index is 405. The minimum Gasteiger partial charge on any atom is -0.309 e. The fraction of sp³-hybridized carbons (Fsp3) is 0.643. The van der Waals surface area contributed by atoms with E-state index >= 15 is 0 Å². The van der Waals surface area contributed by atoms with Crippen LogP contribution in [0.3, 0.4) is 0 Å². The summed E-state index contributed by atoms with van der Waals surface area (Å²) in [5, 5.41) is 14.3. The summed E-state index contributed by atoms with van der Waals surface area (Å²) < 4.78 is 0. The number of nitriles is 1. The lowest BCUT2D eigenvalue weighted by Gasteiger charge is -2.32.